The van der Waals surface area contributed by atoms with Crippen LogP contribution in [0.4, 0.5) is 0 Å². The highest BCUT2D eigenvalue weighted by atomic mass is 32.2. The summed E-state index contributed by atoms with van der Waals surface area (Å²) in [5.41, 5.74) is 0. The third-order valence-electron chi connectivity index (χ3n) is 3.76. The third-order valence-corrected chi connectivity index (χ3v) is 6.07. The highest BCUT2D eigenvalue weighted by Gasteiger charge is 2.35. The molecule has 0 bridgehead atoms. The van der Waals surface area contributed by atoms with Gasteiger partial charge in [0.25, 0.3) is 0 Å². The number of terminal acetylenes is 1. The summed E-state index contributed by atoms with van der Waals surface area (Å²) in [5.74, 6) is 3.05. The van der Waals surface area contributed by atoms with Crippen molar-refractivity contribution in [2.45, 2.75) is 50.2 Å². The van der Waals surface area contributed by atoms with Crippen molar-refractivity contribution in [3.05, 3.63) is 0 Å². The first kappa shape index (κ1) is 12.9. The first-order valence-electron chi connectivity index (χ1n) is 6.57. The Morgan fingerprint density at radius 2 is 1.76 bits per heavy atom. The molecule has 2 fully saturated rings. The molecule has 0 aliphatic heterocycles. The Morgan fingerprint density at radius 1 is 1.12 bits per heavy atom. The van der Waals surface area contributed by atoms with Gasteiger partial charge >= 0.3 is 0 Å². The fraction of sp³-hybridized carbons (Fsp3) is 0.846. The summed E-state index contributed by atoms with van der Waals surface area (Å²) in [5, 5.41) is -0.177. The van der Waals surface area contributed by atoms with Crippen LogP contribution < -0.4 is 0 Å². The molecule has 0 amide bonds. The summed E-state index contributed by atoms with van der Waals surface area (Å²) in [7, 11) is -3.15. The highest BCUT2D eigenvalue weighted by molar-refractivity contribution is 7.89. The van der Waals surface area contributed by atoms with Gasteiger partial charge in [0.15, 0.2) is 0 Å². The second-order valence-corrected chi connectivity index (χ2v) is 7.46. The first-order chi connectivity index (χ1) is 8.14. The Hall–Kier alpha value is -0.530. The van der Waals surface area contributed by atoms with Crippen LogP contribution in [-0.2, 0) is 10.0 Å². The maximum absolute atomic E-state index is 12.5. The van der Waals surface area contributed by atoms with Gasteiger partial charge in [-0.2, -0.15) is 4.31 Å². The molecule has 0 aromatic rings. The van der Waals surface area contributed by atoms with Gasteiger partial charge in [0.1, 0.15) is 0 Å². The summed E-state index contributed by atoms with van der Waals surface area (Å²) in [6.07, 6.45) is 12.5. The van der Waals surface area contributed by atoms with Crippen molar-refractivity contribution in [3.63, 3.8) is 0 Å². The fourth-order valence-electron chi connectivity index (χ4n) is 2.52. The molecule has 3 nitrogen and oxygen atoms in total. The lowest BCUT2D eigenvalue weighted by Gasteiger charge is -2.28. The Bertz CT molecular complexity index is 386. The van der Waals surface area contributed by atoms with Gasteiger partial charge in [-0.15, -0.1) is 6.42 Å². The minimum absolute atomic E-state index is 0.177. The van der Waals surface area contributed by atoms with Crippen molar-refractivity contribution in [1.82, 2.24) is 4.31 Å². The Balaban J connectivity index is 2.05. The van der Waals surface area contributed by atoms with Gasteiger partial charge in [-0.3, -0.25) is 0 Å². The molecule has 0 heterocycles. The van der Waals surface area contributed by atoms with Gasteiger partial charge in [-0.1, -0.05) is 25.2 Å². The summed E-state index contributed by atoms with van der Waals surface area (Å²) in [4.78, 5) is 0. The molecule has 0 aromatic heterocycles. The van der Waals surface area contributed by atoms with E-state index >= 15 is 0 Å². The van der Waals surface area contributed by atoms with Gasteiger partial charge in [-0.25, -0.2) is 8.42 Å². The molecule has 0 radical (unpaired) electrons. The van der Waals surface area contributed by atoms with E-state index in [0.717, 1.165) is 38.5 Å². The molecule has 2 aliphatic carbocycles. The van der Waals surface area contributed by atoms with E-state index < -0.39 is 10.0 Å². The topological polar surface area (TPSA) is 37.4 Å². The molecule has 0 unspecified atom stereocenters. The largest absolute Gasteiger partial charge is 0.217 e. The molecule has 17 heavy (non-hydrogen) atoms. The zero-order chi connectivity index (χ0) is 12.3. The van der Waals surface area contributed by atoms with Gasteiger partial charge in [-0.05, 0) is 31.6 Å². The molecular formula is C13H21NO2S. The maximum Gasteiger partial charge on any atom is 0.217 e. The van der Waals surface area contributed by atoms with Crippen molar-refractivity contribution < 1.29 is 8.42 Å². The Morgan fingerprint density at radius 3 is 2.29 bits per heavy atom. The van der Waals surface area contributed by atoms with E-state index in [1.54, 1.807) is 4.31 Å². The van der Waals surface area contributed by atoms with Crippen LogP contribution in [0, 0.1) is 18.3 Å². The molecule has 0 saturated heterocycles. The quantitative estimate of drug-likeness (QED) is 0.705. The molecule has 4 heteroatoms. The standard InChI is InChI=1S/C13H21NO2S/c1-2-10-14(11-12-8-9-12)17(15,16)13-6-4-3-5-7-13/h1,12-13H,3-11H2. The first-order valence-corrected chi connectivity index (χ1v) is 8.07. The normalized spacial score (nSPS) is 22.6. The molecule has 0 aromatic carbocycles. The Kier molecular flexibility index (Phi) is 4.11. The monoisotopic (exact) mass is 255 g/mol. The maximum atomic E-state index is 12.5. The smallest absolute Gasteiger partial charge is 0.212 e. The molecular weight excluding hydrogens is 234 g/mol. The number of hydrogen-bond acceptors (Lipinski definition) is 2. The minimum Gasteiger partial charge on any atom is -0.212 e. The summed E-state index contributed by atoms with van der Waals surface area (Å²) in [6, 6.07) is 0. The lowest BCUT2D eigenvalue weighted by Crippen LogP contribution is -2.41. The van der Waals surface area contributed by atoms with E-state index in [2.05, 4.69) is 5.92 Å². The van der Waals surface area contributed by atoms with E-state index in [1.807, 2.05) is 0 Å². The fourth-order valence-corrected chi connectivity index (χ4v) is 4.55. The van der Waals surface area contributed by atoms with Gasteiger partial charge in [0.05, 0.1) is 11.8 Å². The van der Waals surface area contributed by atoms with E-state index in [4.69, 9.17) is 6.42 Å². The van der Waals surface area contributed by atoms with Crippen LogP contribution in [0.5, 0.6) is 0 Å². The van der Waals surface area contributed by atoms with Crippen LogP contribution in [0.15, 0.2) is 0 Å². The zero-order valence-corrected chi connectivity index (χ0v) is 11.1. The van der Waals surface area contributed by atoms with Crippen LogP contribution in [0.3, 0.4) is 0 Å². The van der Waals surface area contributed by atoms with E-state index in [9.17, 15) is 8.42 Å². The molecule has 0 atom stereocenters. The van der Waals surface area contributed by atoms with Gasteiger partial charge < -0.3 is 0 Å². The Labute approximate surface area is 105 Å². The molecule has 2 saturated carbocycles. The number of sulfonamides is 1. The van der Waals surface area contributed by atoms with Crippen LogP contribution in [0.25, 0.3) is 0 Å². The average Bonchev–Trinajstić information content (AvgIpc) is 3.14. The molecule has 0 spiro atoms. The lowest BCUT2D eigenvalue weighted by molar-refractivity contribution is 0.400. The van der Waals surface area contributed by atoms with Gasteiger partial charge in [0.2, 0.25) is 10.0 Å². The van der Waals surface area contributed by atoms with Gasteiger partial charge in [0, 0.05) is 6.54 Å². The highest BCUT2D eigenvalue weighted by Crippen LogP contribution is 2.32. The lowest BCUT2D eigenvalue weighted by atomic mass is 10.0. The van der Waals surface area contributed by atoms with Crippen molar-refractivity contribution in [2.75, 3.05) is 13.1 Å². The second-order valence-electron chi connectivity index (χ2n) is 5.24. The average molecular weight is 255 g/mol. The van der Waals surface area contributed by atoms with Crippen LogP contribution >= 0.6 is 0 Å². The zero-order valence-electron chi connectivity index (χ0n) is 10.3. The molecule has 2 rings (SSSR count). The number of nitrogens with zero attached hydrogens (tertiary/aromatic N) is 1. The van der Waals surface area contributed by atoms with E-state index in [1.165, 1.54) is 6.42 Å². The second kappa shape index (κ2) is 5.41. The van der Waals surface area contributed by atoms with E-state index in [-0.39, 0.29) is 11.8 Å². The van der Waals surface area contributed by atoms with Crippen molar-refractivity contribution in [2.24, 2.45) is 5.92 Å². The number of rotatable bonds is 5. The van der Waals surface area contributed by atoms with E-state index in [0.29, 0.717) is 12.5 Å². The molecule has 2 aliphatic rings. The predicted octanol–water partition coefficient (Wildman–Crippen LogP) is 1.99. The third kappa shape index (κ3) is 3.23. The molecule has 96 valence electrons. The minimum atomic E-state index is -3.15. The summed E-state index contributed by atoms with van der Waals surface area (Å²) < 4.78 is 26.5. The molecule has 0 N–H and O–H groups in total. The SMILES string of the molecule is C#CCN(CC1CC1)S(=O)(=O)C1CCCCC1. The summed E-state index contributed by atoms with van der Waals surface area (Å²) >= 11 is 0. The van der Waals surface area contributed by atoms with Crippen molar-refractivity contribution in [1.29, 1.82) is 0 Å². The van der Waals surface area contributed by atoms with Crippen molar-refractivity contribution in [3.8, 4) is 12.3 Å². The number of hydrogen-bond donors (Lipinski definition) is 0. The van der Waals surface area contributed by atoms with Crippen LogP contribution in [-0.4, -0.2) is 31.1 Å². The van der Waals surface area contributed by atoms with Crippen molar-refractivity contribution >= 4 is 10.0 Å². The predicted molar refractivity (Wildman–Crippen MR) is 68.9 cm³/mol. The van der Waals surface area contributed by atoms with Crippen LogP contribution in [0.1, 0.15) is 44.9 Å². The summed E-state index contributed by atoms with van der Waals surface area (Å²) in [6.45, 7) is 0.887. The van der Waals surface area contributed by atoms with Crippen LogP contribution in [0.2, 0.25) is 0 Å².